The van der Waals surface area contributed by atoms with Crippen LogP contribution in [0.2, 0.25) is 0 Å². The molecule has 0 aromatic carbocycles. The van der Waals surface area contributed by atoms with E-state index in [1.807, 2.05) is 20.0 Å². The molecule has 0 saturated heterocycles. The van der Waals surface area contributed by atoms with Gasteiger partial charge in [-0.1, -0.05) is 6.92 Å². The highest BCUT2D eigenvalue weighted by Gasteiger charge is 2.31. The predicted octanol–water partition coefficient (Wildman–Crippen LogP) is 3.90. The predicted molar refractivity (Wildman–Crippen MR) is 85.0 cm³/mol. The third-order valence-electron chi connectivity index (χ3n) is 4.29. The number of hydrogen-bond acceptors (Lipinski definition) is 3. The maximum atomic E-state index is 11.9. The van der Waals surface area contributed by atoms with Crippen molar-refractivity contribution >= 4 is 28.9 Å². The number of carbonyl (C=O) groups is 1. The van der Waals surface area contributed by atoms with Crippen LogP contribution in [0, 0.1) is 18.8 Å². The van der Waals surface area contributed by atoms with E-state index in [-0.39, 0.29) is 11.9 Å². The van der Waals surface area contributed by atoms with Gasteiger partial charge in [0.15, 0.2) is 4.88 Å². The Balaban J connectivity index is 2.31. The third kappa shape index (κ3) is 3.46. The first-order chi connectivity index (χ1) is 9.93. The molecule has 0 bridgehead atoms. The van der Waals surface area contributed by atoms with Crippen molar-refractivity contribution in [3.05, 3.63) is 15.8 Å². The fourth-order valence-corrected chi connectivity index (χ4v) is 3.86. The molecule has 5 heteroatoms. The van der Waals surface area contributed by atoms with Crippen molar-refractivity contribution in [3.63, 3.8) is 0 Å². The van der Waals surface area contributed by atoms with Crippen LogP contribution in [-0.4, -0.2) is 35.7 Å². The number of carbonyl (C=O) groups excluding carboxylic acids is 1. The molecule has 21 heavy (non-hydrogen) atoms. The molecule has 0 radical (unpaired) electrons. The van der Waals surface area contributed by atoms with Gasteiger partial charge >= 0.3 is 11.9 Å². The van der Waals surface area contributed by atoms with Crippen LogP contribution in [-0.2, 0) is 4.74 Å². The summed E-state index contributed by atoms with van der Waals surface area (Å²) in [6, 6.07) is 1.93. The second-order valence-electron chi connectivity index (χ2n) is 5.94. The van der Waals surface area contributed by atoms with Gasteiger partial charge in [-0.05, 0) is 38.5 Å². The molecule has 1 aliphatic rings. The van der Waals surface area contributed by atoms with E-state index in [4.69, 9.17) is 4.74 Å². The molecule has 1 aromatic heterocycles. The van der Waals surface area contributed by atoms with E-state index < -0.39 is 0 Å². The number of aliphatic hydroxyl groups is 1. The van der Waals surface area contributed by atoms with Gasteiger partial charge in [0.2, 0.25) is 5.69 Å². The molecule has 116 valence electrons. The van der Waals surface area contributed by atoms with E-state index in [2.05, 4.69) is 6.92 Å². The van der Waals surface area contributed by atoms with Crippen molar-refractivity contribution in [2.24, 2.45) is 11.8 Å². The summed E-state index contributed by atoms with van der Waals surface area (Å²) in [7, 11) is 3.20. The number of thiophene rings is 1. The van der Waals surface area contributed by atoms with E-state index in [1.54, 1.807) is 4.58 Å². The van der Waals surface area contributed by atoms with Gasteiger partial charge in [-0.15, -0.1) is 11.3 Å². The number of aliphatic hydroxyl groups excluding tert-OH is 1. The highest BCUT2D eigenvalue weighted by Crippen LogP contribution is 2.32. The number of ether oxygens (including phenoxy) is 1. The highest BCUT2D eigenvalue weighted by atomic mass is 32.1. The van der Waals surface area contributed by atoms with E-state index in [1.165, 1.54) is 18.4 Å². The fourth-order valence-electron chi connectivity index (χ4n) is 2.90. The van der Waals surface area contributed by atoms with Crippen LogP contribution >= 0.6 is 11.3 Å². The Labute approximate surface area is 130 Å². The molecule has 1 heterocycles. The Morgan fingerprint density at radius 1 is 1.38 bits per heavy atom. The van der Waals surface area contributed by atoms with Gasteiger partial charge in [-0.25, -0.2) is 4.79 Å². The Kier molecular flexibility index (Phi) is 5.04. The zero-order valence-electron chi connectivity index (χ0n) is 13.2. The minimum atomic E-state index is -0.347. The molecule has 4 nitrogen and oxygen atoms in total. The molecule has 1 N–H and O–H groups in total. The lowest BCUT2D eigenvalue weighted by Crippen LogP contribution is -2.27. The standard InChI is InChI=1S/C16H23NO3S/c1-10-5-7-12(8-6-10)15(18)17(3)13-9-11(2)21-14(13)16(19)20-4/h9-10,12H,5-8H2,1-4H3/p+1. The smallest absolute Gasteiger partial charge is 0.354 e. The van der Waals surface area contributed by atoms with Crippen molar-refractivity contribution in [2.75, 3.05) is 14.2 Å². The normalized spacial score (nSPS) is 23.6. The largest absolute Gasteiger partial charge is 0.465 e. The maximum absolute atomic E-state index is 11.9. The topological polar surface area (TPSA) is 49.5 Å². The molecule has 0 amide bonds. The number of methoxy groups -OCH3 is 1. The molecule has 1 fully saturated rings. The van der Waals surface area contributed by atoms with Crippen molar-refractivity contribution in [2.45, 2.75) is 39.5 Å². The van der Waals surface area contributed by atoms with Gasteiger partial charge in [0.05, 0.1) is 13.0 Å². The van der Waals surface area contributed by atoms with E-state index in [9.17, 15) is 9.90 Å². The molecular weight excluding hydrogens is 286 g/mol. The van der Waals surface area contributed by atoms with Crippen molar-refractivity contribution < 1.29 is 19.2 Å². The second kappa shape index (κ2) is 6.60. The molecule has 0 atom stereocenters. The molecule has 2 rings (SSSR count). The molecule has 1 saturated carbocycles. The number of esters is 1. The summed E-state index contributed by atoms with van der Waals surface area (Å²) < 4.78 is 6.58. The molecule has 1 aromatic rings. The Morgan fingerprint density at radius 2 is 2.00 bits per heavy atom. The van der Waals surface area contributed by atoms with Gasteiger partial charge in [0.1, 0.15) is 7.05 Å². The lowest BCUT2D eigenvalue weighted by Gasteiger charge is -2.23. The van der Waals surface area contributed by atoms with Crippen molar-refractivity contribution in [3.8, 4) is 0 Å². The minimum Gasteiger partial charge on any atom is -0.465 e. The van der Waals surface area contributed by atoms with Crippen LogP contribution in [0.1, 0.15) is 47.2 Å². The summed E-state index contributed by atoms with van der Waals surface area (Å²) in [5, 5.41) is 10.6. The van der Waals surface area contributed by atoms with Crippen LogP contribution in [0.5, 0.6) is 0 Å². The number of hydrogen-bond donors (Lipinski definition) is 1. The van der Waals surface area contributed by atoms with Crippen molar-refractivity contribution in [1.29, 1.82) is 0 Å². The SMILES string of the molecule is COC(=O)c1sc(C)cc1[N+](C)=C(O)C1CCC(C)CC1. The van der Waals surface area contributed by atoms with Crippen LogP contribution in [0.15, 0.2) is 6.07 Å². The quantitative estimate of drug-likeness (QED) is 0.399. The first-order valence-electron chi connectivity index (χ1n) is 7.42. The third-order valence-corrected chi connectivity index (χ3v) is 5.31. The zero-order valence-corrected chi connectivity index (χ0v) is 14.0. The monoisotopic (exact) mass is 310 g/mol. The average molecular weight is 310 g/mol. The van der Waals surface area contributed by atoms with Crippen molar-refractivity contribution in [1.82, 2.24) is 0 Å². The van der Waals surface area contributed by atoms with E-state index in [0.717, 1.165) is 42.2 Å². The van der Waals surface area contributed by atoms with Gasteiger partial charge in [-0.3, -0.25) is 0 Å². The van der Waals surface area contributed by atoms with Crippen LogP contribution in [0.25, 0.3) is 0 Å². The van der Waals surface area contributed by atoms with Gasteiger partial charge in [0, 0.05) is 10.9 Å². The Bertz CT molecular complexity index is 554. The second-order valence-corrected chi connectivity index (χ2v) is 7.19. The first-order valence-corrected chi connectivity index (χ1v) is 8.24. The number of nitrogens with zero attached hydrogens (tertiary/aromatic N) is 1. The van der Waals surface area contributed by atoms with Gasteiger partial charge < -0.3 is 9.84 Å². The minimum absolute atomic E-state index is 0.192. The molecular formula is C16H24NO3S+. The lowest BCUT2D eigenvalue weighted by atomic mass is 9.83. The summed E-state index contributed by atoms with van der Waals surface area (Å²) in [5.41, 5.74) is 0.737. The Hall–Kier alpha value is -1.36. The first kappa shape index (κ1) is 16.0. The average Bonchev–Trinajstić information content (AvgIpc) is 2.87. The molecule has 1 aliphatic carbocycles. The van der Waals surface area contributed by atoms with E-state index >= 15 is 0 Å². The summed E-state index contributed by atoms with van der Waals surface area (Å²) >= 11 is 1.40. The highest BCUT2D eigenvalue weighted by molar-refractivity contribution is 7.14. The number of aryl methyl sites for hydroxylation is 1. The summed E-state index contributed by atoms with van der Waals surface area (Å²) in [4.78, 5) is 13.4. The lowest BCUT2D eigenvalue weighted by molar-refractivity contribution is -0.418. The van der Waals surface area contributed by atoms with Crippen LogP contribution < -0.4 is 0 Å². The van der Waals surface area contributed by atoms with Gasteiger partial charge in [-0.2, -0.15) is 4.58 Å². The zero-order chi connectivity index (χ0) is 15.6. The summed E-state index contributed by atoms with van der Waals surface area (Å²) in [6.45, 7) is 4.21. The molecule has 0 spiro atoms. The van der Waals surface area contributed by atoms with Crippen LogP contribution in [0.4, 0.5) is 5.69 Å². The van der Waals surface area contributed by atoms with Gasteiger partial charge in [0.25, 0.3) is 0 Å². The maximum Gasteiger partial charge on any atom is 0.354 e. The molecule has 0 aliphatic heterocycles. The Morgan fingerprint density at radius 3 is 2.57 bits per heavy atom. The van der Waals surface area contributed by atoms with Crippen LogP contribution in [0.3, 0.4) is 0 Å². The summed E-state index contributed by atoms with van der Waals surface area (Å²) in [5.74, 6) is 0.954. The summed E-state index contributed by atoms with van der Waals surface area (Å²) in [6.07, 6.45) is 4.31. The molecule has 0 unspecified atom stereocenters. The van der Waals surface area contributed by atoms with E-state index in [0.29, 0.717) is 10.8 Å². The number of rotatable bonds is 3. The fraction of sp³-hybridized carbons (Fsp3) is 0.625.